The van der Waals surface area contributed by atoms with Crippen LogP contribution in [0.1, 0.15) is 52.4 Å². The Balaban J connectivity index is 2.47. The lowest BCUT2D eigenvalue weighted by Gasteiger charge is -2.23. The minimum atomic E-state index is -1.22. The van der Waals surface area contributed by atoms with Gasteiger partial charge in [0.1, 0.15) is 0 Å². The molecule has 0 radical (unpaired) electrons. The summed E-state index contributed by atoms with van der Waals surface area (Å²) >= 11 is 0. The van der Waals surface area contributed by atoms with Gasteiger partial charge in [0, 0.05) is 11.3 Å². The molecule has 1 aliphatic rings. The molecule has 1 atom stereocenters. The highest BCUT2D eigenvalue weighted by molar-refractivity contribution is 5.82. The lowest BCUT2D eigenvalue weighted by Crippen LogP contribution is -2.39. The zero-order valence-electron chi connectivity index (χ0n) is 11.7. The van der Waals surface area contributed by atoms with Crippen molar-refractivity contribution in [3.8, 4) is 0 Å². The Labute approximate surface area is 113 Å². The second-order valence-corrected chi connectivity index (χ2v) is 5.11. The topological polar surface area (TPSA) is 78.7 Å². The molecule has 0 aliphatic carbocycles. The lowest BCUT2D eigenvalue weighted by atomic mass is 9.99. The zero-order chi connectivity index (χ0) is 14.3. The van der Waals surface area contributed by atoms with Gasteiger partial charge in [0.05, 0.1) is 19.6 Å². The van der Waals surface area contributed by atoms with Gasteiger partial charge in [-0.25, -0.2) is 0 Å². The first-order valence-electron chi connectivity index (χ1n) is 6.92. The fourth-order valence-electron chi connectivity index (χ4n) is 2.22. The van der Waals surface area contributed by atoms with Crippen molar-refractivity contribution in [3.63, 3.8) is 0 Å². The van der Waals surface area contributed by atoms with Gasteiger partial charge in [-0.2, -0.15) is 0 Å². The molecular formula is C13H23NO5. The van der Waals surface area contributed by atoms with Crippen molar-refractivity contribution in [1.82, 2.24) is 0 Å². The van der Waals surface area contributed by atoms with Crippen LogP contribution in [-0.4, -0.2) is 35.7 Å². The number of ketones is 1. The minimum absolute atomic E-state index is 0.00733. The van der Waals surface area contributed by atoms with Crippen molar-refractivity contribution in [2.24, 2.45) is 0 Å². The molecule has 0 bridgehead atoms. The summed E-state index contributed by atoms with van der Waals surface area (Å²) in [7, 11) is 0. The minimum Gasteiger partial charge on any atom is -0.348 e. The van der Waals surface area contributed by atoms with Crippen LogP contribution in [0.15, 0.2) is 0 Å². The number of ether oxygens (including phenoxy) is 2. The quantitative estimate of drug-likeness (QED) is 0.366. The first-order valence-corrected chi connectivity index (χ1v) is 6.92. The van der Waals surface area contributed by atoms with E-state index >= 15 is 0 Å². The molecule has 1 saturated heterocycles. The van der Waals surface area contributed by atoms with Crippen molar-refractivity contribution < 1.29 is 19.2 Å². The van der Waals surface area contributed by atoms with Crippen LogP contribution < -0.4 is 0 Å². The fraction of sp³-hybridized carbons (Fsp3) is 0.923. The number of hydrogen-bond donors (Lipinski definition) is 0. The lowest BCUT2D eigenvalue weighted by molar-refractivity contribution is -0.514. The predicted octanol–water partition coefficient (Wildman–Crippen LogP) is 2.32. The number of rotatable bonds is 9. The standard InChI is InChI=1S/C13H23NO5/c1-3-4-5-6-7-12(15)11(14(16)17)10-13(2)18-8-9-19-13/h11H,3-10H2,1-2H3. The fourth-order valence-corrected chi connectivity index (χ4v) is 2.22. The summed E-state index contributed by atoms with van der Waals surface area (Å²) in [6.07, 6.45) is 4.05. The predicted molar refractivity (Wildman–Crippen MR) is 69.5 cm³/mol. The molecule has 19 heavy (non-hydrogen) atoms. The SMILES string of the molecule is CCCCCCC(=O)C(CC1(C)OCCO1)[N+](=O)[O-]. The molecule has 0 aromatic heterocycles. The maximum Gasteiger partial charge on any atom is 0.275 e. The van der Waals surface area contributed by atoms with Crippen LogP contribution in [0.3, 0.4) is 0 Å². The Morgan fingerprint density at radius 3 is 2.47 bits per heavy atom. The molecule has 0 amide bonds. The molecule has 1 aliphatic heterocycles. The number of carbonyl (C=O) groups excluding carboxylic acids is 1. The number of hydrogen-bond acceptors (Lipinski definition) is 5. The van der Waals surface area contributed by atoms with E-state index in [4.69, 9.17) is 9.47 Å². The molecule has 0 N–H and O–H groups in total. The van der Waals surface area contributed by atoms with Gasteiger partial charge < -0.3 is 9.47 Å². The number of carbonyl (C=O) groups is 1. The Kier molecular flexibility index (Phi) is 6.37. The third-order valence-corrected chi connectivity index (χ3v) is 3.37. The second kappa shape index (κ2) is 7.55. The van der Waals surface area contributed by atoms with Gasteiger partial charge >= 0.3 is 0 Å². The van der Waals surface area contributed by atoms with Gasteiger partial charge in [-0.15, -0.1) is 0 Å². The third kappa shape index (κ3) is 5.24. The number of nitro groups is 1. The maximum absolute atomic E-state index is 11.9. The number of unbranched alkanes of at least 4 members (excludes halogenated alkanes) is 3. The van der Waals surface area contributed by atoms with Crippen LogP contribution in [0.5, 0.6) is 0 Å². The average molecular weight is 273 g/mol. The Morgan fingerprint density at radius 2 is 1.95 bits per heavy atom. The van der Waals surface area contributed by atoms with Crippen LogP contribution in [0.2, 0.25) is 0 Å². The van der Waals surface area contributed by atoms with Crippen molar-refractivity contribution in [2.45, 2.75) is 64.2 Å². The van der Waals surface area contributed by atoms with Crippen LogP contribution in [-0.2, 0) is 14.3 Å². The second-order valence-electron chi connectivity index (χ2n) is 5.11. The summed E-state index contributed by atoms with van der Waals surface area (Å²) in [5, 5.41) is 11.0. The third-order valence-electron chi connectivity index (χ3n) is 3.37. The largest absolute Gasteiger partial charge is 0.348 e. The van der Waals surface area contributed by atoms with Crippen LogP contribution >= 0.6 is 0 Å². The summed E-state index contributed by atoms with van der Waals surface area (Å²) in [5.41, 5.74) is 0. The van der Waals surface area contributed by atoms with Crippen molar-refractivity contribution in [3.05, 3.63) is 10.1 Å². The summed E-state index contributed by atoms with van der Waals surface area (Å²) in [5.74, 6) is -1.31. The highest BCUT2D eigenvalue weighted by Gasteiger charge is 2.41. The first-order chi connectivity index (χ1) is 8.98. The van der Waals surface area contributed by atoms with E-state index in [0.29, 0.717) is 13.2 Å². The average Bonchev–Trinajstić information content (AvgIpc) is 2.78. The van der Waals surface area contributed by atoms with E-state index in [-0.39, 0.29) is 18.6 Å². The molecule has 0 aromatic rings. The van der Waals surface area contributed by atoms with E-state index in [9.17, 15) is 14.9 Å². The van der Waals surface area contributed by atoms with Crippen LogP contribution in [0.4, 0.5) is 0 Å². The van der Waals surface area contributed by atoms with E-state index in [1.807, 2.05) is 0 Å². The van der Waals surface area contributed by atoms with Crippen LogP contribution in [0, 0.1) is 10.1 Å². The zero-order valence-corrected chi connectivity index (χ0v) is 11.7. The smallest absolute Gasteiger partial charge is 0.275 e. The summed E-state index contributed by atoms with van der Waals surface area (Å²) in [4.78, 5) is 22.4. The molecule has 6 nitrogen and oxygen atoms in total. The van der Waals surface area contributed by atoms with Crippen molar-refractivity contribution >= 4 is 5.78 Å². The van der Waals surface area contributed by atoms with Gasteiger partial charge in [0.15, 0.2) is 5.79 Å². The van der Waals surface area contributed by atoms with Gasteiger partial charge in [0.25, 0.3) is 6.04 Å². The summed E-state index contributed by atoms with van der Waals surface area (Å²) in [6.45, 7) is 4.58. The highest BCUT2D eigenvalue weighted by atomic mass is 16.7. The maximum atomic E-state index is 11.9. The van der Waals surface area contributed by atoms with Gasteiger partial charge in [-0.1, -0.05) is 26.2 Å². The van der Waals surface area contributed by atoms with E-state index in [1.165, 1.54) is 0 Å². The van der Waals surface area contributed by atoms with E-state index in [1.54, 1.807) is 6.92 Å². The van der Waals surface area contributed by atoms with Crippen LogP contribution in [0.25, 0.3) is 0 Å². The number of Topliss-reactive ketones (excluding diaryl/α,β-unsaturated/α-hetero) is 1. The normalized spacial score (nSPS) is 19.3. The van der Waals surface area contributed by atoms with E-state index in [0.717, 1.165) is 25.7 Å². The molecule has 1 fully saturated rings. The molecule has 0 spiro atoms. The molecular weight excluding hydrogens is 250 g/mol. The molecule has 110 valence electrons. The van der Waals surface area contributed by atoms with E-state index < -0.39 is 16.8 Å². The van der Waals surface area contributed by atoms with Gasteiger partial charge in [-0.3, -0.25) is 14.9 Å². The molecule has 1 unspecified atom stereocenters. The number of nitrogens with zero attached hydrogens (tertiary/aromatic N) is 1. The van der Waals surface area contributed by atoms with Crippen molar-refractivity contribution in [2.75, 3.05) is 13.2 Å². The van der Waals surface area contributed by atoms with Crippen molar-refractivity contribution in [1.29, 1.82) is 0 Å². The Bertz CT molecular complexity index is 312. The highest BCUT2D eigenvalue weighted by Crippen LogP contribution is 2.26. The Morgan fingerprint density at radius 1 is 1.32 bits per heavy atom. The summed E-state index contributed by atoms with van der Waals surface area (Å²) in [6, 6.07) is -1.22. The molecule has 0 saturated carbocycles. The monoisotopic (exact) mass is 273 g/mol. The molecule has 6 heteroatoms. The molecule has 0 aromatic carbocycles. The molecule has 1 heterocycles. The molecule has 1 rings (SSSR count). The van der Waals surface area contributed by atoms with Gasteiger partial charge in [0.2, 0.25) is 5.78 Å². The van der Waals surface area contributed by atoms with E-state index in [2.05, 4.69) is 6.92 Å². The Hall–Kier alpha value is -1.01. The summed E-state index contributed by atoms with van der Waals surface area (Å²) < 4.78 is 10.7. The first kappa shape index (κ1) is 16.0. The van der Waals surface area contributed by atoms with Gasteiger partial charge in [-0.05, 0) is 13.3 Å².